The highest BCUT2D eigenvalue weighted by Gasteiger charge is 2.53. The Bertz CT molecular complexity index is 567. The molecule has 0 aromatic carbocycles. The average molecular weight is 340 g/mol. The minimum atomic E-state index is -1.21. The standard InChI is InChI=1S/C16H24N2O6/c1-7(2)9-11(24-14(9)21)13(20)17-10(8(3)4)12(19)18-16(5-6-16)15(22)23/h7-11H,5-6H2,1-4H3,(H,17,20)(H,18,19)(H,22,23)/t9-,10-,11+/m0/s1. The largest absolute Gasteiger partial charge is 0.480 e. The number of cyclic esters (lactones) is 1. The van der Waals surface area contributed by atoms with E-state index in [1.807, 2.05) is 13.8 Å². The van der Waals surface area contributed by atoms with Gasteiger partial charge in [0.15, 0.2) is 6.10 Å². The summed E-state index contributed by atoms with van der Waals surface area (Å²) in [5, 5.41) is 14.3. The van der Waals surface area contributed by atoms with Crippen molar-refractivity contribution < 1.29 is 29.0 Å². The molecule has 2 rings (SSSR count). The summed E-state index contributed by atoms with van der Waals surface area (Å²) in [4.78, 5) is 47.4. The first-order valence-corrected chi connectivity index (χ1v) is 8.15. The number of carboxylic acids is 1. The van der Waals surface area contributed by atoms with Crippen molar-refractivity contribution >= 4 is 23.8 Å². The maximum atomic E-state index is 12.4. The summed E-state index contributed by atoms with van der Waals surface area (Å²) in [6.07, 6.45) is -0.147. The average Bonchev–Trinajstić information content (AvgIpc) is 3.21. The van der Waals surface area contributed by atoms with Crippen molar-refractivity contribution in [3.63, 3.8) is 0 Å². The van der Waals surface area contributed by atoms with Crippen LogP contribution in [-0.4, -0.2) is 46.5 Å². The van der Waals surface area contributed by atoms with Crippen LogP contribution in [-0.2, 0) is 23.9 Å². The highest BCUT2D eigenvalue weighted by atomic mass is 16.6. The minimum absolute atomic E-state index is 0.0462. The topological polar surface area (TPSA) is 122 Å². The fourth-order valence-electron chi connectivity index (χ4n) is 2.77. The summed E-state index contributed by atoms with van der Waals surface area (Å²) in [5.41, 5.74) is -1.21. The molecule has 24 heavy (non-hydrogen) atoms. The molecule has 3 N–H and O–H groups in total. The molecule has 1 heterocycles. The molecule has 0 radical (unpaired) electrons. The molecule has 134 valence electrons. The van der Waals surface area contributed by atoms with E-state index in [-0.39, 0.29) is 11.8 Å². The molecule has 2 aliphatic rings. The third-order valence-corrected chi connectivity index (χ3v) is 4.59. The Morgan fingerprint density at radius 1 is 1.21 bits per heavy atom. The third-order valence-electron chi connectivity index (χ3n) is 4.59. The van der Waals surface area contributed by atoms with Crippen LogP contribution in [0.15, 0.2) is 0 Å². The smallest absolute Gasteiger partial charge is 0.329 e. The van der Waals surface area contributed by atoms with Crippen LogP contribution >= 0.6 is 0 Å². The molecule has 0 aromatic heterocycles. The number of hydrogen-bond donors (Lipinski definition) is 3. The van der Waals surface area contributed by atoms with Crippen LogP contribution in [0.4, 0.5) is 0 Å². The van der Waals surface area contributed by atoms with Crippen molar-refractivity contribution in [2.45, 2.75) is 58.2 Å². The highest BCUT2D eigenvalue weighted by molar-refractivity contribution is 5.98. The zero-order valence-electron chi connectivity index (χ0n) is 14.3. The van der Waals surface area contributed by atoms with Gasteiger partial charge in [-0.15, -0.1) is 0 Å². The van der Waals surface area contributed by atoms with Gasteiger partial charge in [0.2, 0.25) is 5.91 Å². The molecule has 1 saturated carbocycles. The first-order chi connectivity index (χ1) is 11.1. The molecular weight excluding hydrogens is 316 g/mol. The second kappa shape index (κ2) is 6.41. The van der Waals surface area contributed by atoms with Gasteiger partial charge < -0.3 is 20.5 Å². The molecule has 2 amide bonds. The summed E-state index contributed by atoms with van der Waals surface area (Å²) < 4.78 is 4.91. The number of rotatable bonds is 7. The molecule has 8 nitrogen and oxygen atoms in total. The van der Waals surface area contributed by atoms with Gasteiger partial charge in [0.1, 0.15) is 17.5 Å². The maximum absolute atomic E-state index is 12.4. The fraction of sp³-hybridized carbons (Fsp3) is 0.750. The number of carbonyl (C=O) groups excluding carboxylic acids is 3. The molecule has 0 aromatic rings. The summed E-state index contributed by atoms with van der Waals surface area (Å²) in [6.45, 7) is 7.14. The summed E-state index contributed by atoms with van der Waals surface area (Å²) >= 11 is 0. The van der Waals surface area contributed by atoms with Gasteiger partial charge in [0, 0.05) is 0 Å². The number of hydrogen-bond acceptors (Lipinski definition) is 5. The fourth-order valence-corrected chi connectivity index (χ4v) is 2.77. The normalized spacial score (nSPS) is 25.5. The summed E-state index contributed by atoms with van der Waals surface area (Å²) in [7, 11) is 0. The SMILES string of the molecule is CC(C)[C@H](NC(=O)[C@@H]1OC(=O)[C@H]1C(C)C)C(=O)NC1(C(=O)O)CC1. The number of ether oxygens (including phenoxy) is 1. The predicted octanol–water partition coefficient (Wildman–Crippen LogP) is 0.0582. The molecule has 2 fully saturated rings. The van der Waals surface area contributed by atoms with Gasteiger partial charge in [-0.05, 0) is 24.7 Å². The van der Waals surface area contributed by atoms with E-state index in [1.54, 1.807) is 13.8 Å². The lowest BCUT2D eigenvalue weighted by molar-refractivity contribution is -0.193. The van der Waals surface area contributed by atoms with Gasteiger partial charge in [-0.2, -0.15) is 0 Å². The van der Waals surface area contributed by atoms with E-state index in [0.717, 1.165) is 0 Å². The molecule has 1 saturated heterocycles. The van der Waals surface area contributed by atoms with E-state index >= 15 is 0 Å². The Morgan fingerprint density at radius 3 is 2.17 bits per heavy atom. The second-order valence-electron chi connectivity index (χ2n) is 7.23. The second-order valence-corrected chi connectivity index (χ2v) is 7.23. The molecule has 0 spiro atoms. The highest BCUT2D eigenvalue weighted by Crippen LogP contribution is 2.35. The van der Waals surface area contributed by atoms with Crippen molar-refractivity contribution in [1.29, 1.82) is 0 Å². The monoisotopic (exact) mass is 340 g/mol. The Balaban J connectivity index is 2.01. The van der Waals surface area contributed by atoms with Crippen molar-refractivity contribution in [3.05, 3.63) is 0 Å². The summed E-state index contributed by atoms with van der Waals surface area (Å²) in [6, 6.07) is -0.888. The van der Waals surface area contributed by atoms with E-state index in [1.165, 1.54) is 0 Å². The van der Waals surface area contributed by atoms with Crippen LogP contribution in [0.5, 0.6) is 0 Å². The van der Waals surface area contributed by atoms with Gasteiger partial charge in [0.05, 0.1) is 0 Å². The van der Waals surface area contributed by atoms with E-state index in [2.05, 4.69) is 10.6 Å². The summed E-state index contributed by atoms with van der Waals surface area (Å²) in [5.74, 6) is -3.36. The minimum Gasteiger partial charge on any atom is -0.480 e. The van der Waals surface area contributed by atoms with E-state index < -0.39 is 47.4 Å². The maximum Gasteiger partial charge on any atom is 0.329 e. The molecule has 1 aliphatic heterocycles. The van der Waals surface area contributed by atoms with Crippen molar-refractivity contribution in [2.75, 3.05) is 0 Å². The third kappa shape index (κ3) is 3.37. The number of nitrogens with one attached hydrogen (secondary N) is 2. The lowest BCUT2D eigenvalue weighted by Gasteiger charge is -2.37. The van der Waals surface area contributed by atoms with Crippen LogP contribution in [0, 0.1) is 17.8 Å². The molecule has 8 heteroatoms. The Hall–Kier alpha value is -2.12. The van der Waals surface area contributed by atoms with Crippen LogP contribution in [0.1, 0.15) is 40.5 Å². The van der Waals surface area contributed by atoms with Crippen molar-refractivity contribution in [2.24, 2.45) is 17.8 Å². The van der Waals surface area contributed by atoms with Crippen LogP contribution in [0.2, 0.25) is 0 Å². The van der Waals surface area contributed by atoms with E-state index in [4.69, 9.17) is 9.84 Å². The van der Waals surface area contributed by atoms with Crippen LogP contribution in [0.25, 0.3) is 0 Å². The van der Waals surface area contributed by atoms with Crippen LogP contribution < -0.4 is 10.6 Å². The quantitative estimate of drug-likeness (QED) is 0.563. The first kappa shape index (κ1) is 18.2. The van der Waals surface area contributed by atoms with Gasteiger partial charge in [-0.1, -0.05) is 27.7 Å². The number of aliphatic carboxylic acids is 1. The molecular formula is C16H24N2O6. The Labute approximate surface area is 140 Å². The van der Waals surface area contributed by atoms with Gasteiger partial charge in [0.25, 0.3) is 5.91 Å². The lowest BCUT2D eigenvalue weighted by Crippen LogP contribution is -2.61. The van der Waals surface area contributed by atoms with Crippen molar-refractivity contribution in [3.8, 4) is 0 Å². The van der Waals surface area contributed by atoms with Gasteiger partial charge in [-0.25, -0.2) is 4.79 Å². The first-order valence-electron chi connectivity index (χ1n) is 8.15. The van der Waals surface area contributed by atoms with Crippen LogP contribution in [0.3, 0.4) is 0 Å². The molecule has 0 unspecified atom stereocenters. The molecule has 3 atom stereocenters. The molecule has 0 bridgehead atoms. The Morgan fingerprint density at radius 2 is 1.79 bits per heavy atom. The zero-order chi connectivity index (χ0) is 18.2. The van der Waals surface area contributed by atoms with Crippen molar-refractivity contribution in [1.82, 2.24) is 10.6 Å². The Kier molecular flexibility index (Phi) is 4.87. The number of carbonyl (C=O) groups is 4. The number of amides is 2. The number of esters is 1. The zero-order valence-corrected chi connectivity index (χ0v) is 14.3. The van der Waals surface area contributed by atoms with Gasteiger partial charge in [-0.3, -0.25) is 14.4 Å². The lowest BCUT2D eigenvalue weighted by atomic mass is 9.85. The van der Waals surface area contributed by atoms with Gasteiger partial charge >= 0.3 is 11.9 Å². The van der Waals surface area contributed by atoms with E-state index in [9.17, 15) is 19.2 Å². The van der Waals surface area contributed by atoms with E-state index in [0.29, 0.717) is 12.8 Å². The predicted molar refractivity (Wildman–Crippen MR) is 82.7 cm³/mol. The number of carboxylic acid groups (broad SMARTS) is 1. The molecule has 1 aliphatic carbocycles.